The van der Waals surface area contributed by atoms with Gasteiger partial charge in [-0.25, -0.2) is 4.99 Å². The fourth-order valence-corrected chi connectivity index (χ4v) is 4.25. The average molecular weight is 432 g/mol. The summed E-state index contributed by atoms with van der Waals surface area (Å²) < 4.78 is 5.44. The largest absolute Gasteiger partial charge is 0.494 e. The van der Waals surface area contributed by atoms with Crippen LogP contribution in [0.15, 0.2) is 53.5 Å². The number of anilines is 1. The van der Waals surface area contributed by atoms with E-state index in [0.29, 0.717) is 29.0 Å². The first-order valence-electron chi connectivity index (χ1n) is 9.35. The number of benzene rings is 2. The van der Waals surface area contributed by atoms with E-state index in [9.17, 15) is 9.59 Å². The van der Waals surface area contributed by atoms with Crippen molar-refractivity contribution in [3.63, 3.8) is 0 Å². The average Bonchev–Trinajstić information content (AvgIpc) is 2.99. The van der Waals surface area contributed by atoms with Crippen molar-refractivity contribution in [2.24, 2.45) is 4.99 Å². The number of rotatable bonds is 7. The molecule has 1 fully saturated rings. The lowest BCUT2D eigenvalue weighted by molar-refractivity contribution is -0.128. The molecule has 1 N–H and O–H groups in total. The maximum absolute atomic E-state index is 12.7. The van der Waals surface area contributed by atoms with Gasteiger partial charge in [0.2, 0.25) is 11.8 Å². The molecule has 6 nitrogen and oxygen atoms in total. The van der Waals surface area contributed by atoms with Crippen molar-refractivity contribution >= 4 is 51.7 Å². The summed E-state index contributed by atoms with van der Waals surface area (Å²) in [7, 11) is 0. The summed E-state index contributed by atoms with van der Waals surface area (Å²) in [6.07, 6.45) is 0.0491. The molecule has 1 aliphatic heterocycles. The molecule has 0 spiro atoms. The number of thioether (sulfide) groups is 1. The SMILES string of the molecule is CCOc1ccc(N=C2SC(CC(=O)Nc3ccccc3Cl)C(=O)N2CC)cc1. The number of halogens is 1. The van der Waals surface area contributed by atoms with Gasteiger partial charge >= 0.3 is 0 Å². The van der Waals surface area contributed by atoms with Crippen LogP contribution in [0.5, 0.6) is 5.75 Å². The summed E-state index contributed by atoms with van der Waals surface area (Å²) in [5.74, 6) is 0.395. The van der Waals surface area contributed by atoms with Gasteiger partial charge in [-0.2, -0.15) is 0 Å². The third-order valence-corrected chi connectivity index (χ3v) is 5.73. The molecule has 0 aliphatic carbocycles. The topological polar surface area (TPSA) is 71.0 Å². The number of ether oxygens (including phenoxy) is 1. The fourth-order valence-electron chi connectivity index (χ4n) is 2.84. The molecule has 1 saturated heterocycles. The molecule has 29 heavy (non-hydrogen) atoms. The minimum absolute atomic E-state index is 0.0491. The first kappa shape index (κ1) is 21.2. The third kappa shape index (κ3) is 5.31. The molecule has 152 valence electrons. The Morgan fingerprint density at radius 3 is 2.59 bits per heavy atom. The highest BCUT2D eigenvalue weighted by Gasteiger charge is 2.38. The van der Waals surface area contributed by atoms with Gasteiger partial charge in [0.05, 0.1) is 23.0 Å². The number of para-hydroxylation sites is 1. The van der Waals surface area contributed by atoms with E-state index in [1.807, 2.05) is 38.1 Å². The van der Waals surface area contributed by atoms with Crippen molar-refractivity contribution in [3.8, 4) is 5.75 Å². The molecule has 2 aromatic rings. The first-order valence-corrected chi connectivity index (χ1v) is 10.6. The summed E-state index contributed by atoms with van der Waals surface area (Å²) in [6.45, 7) is 4.90. The Morgan fingerprint density at radius 1 is 1.21 bits per heavy atom. The van der Waals surface area contributed by atoms with Gasteiger partial charge in [-0.3, -0.25) is 14.5 Å². The number of hydrogen-bond donors (Lipinski definition) is 1. The molecular formula is C21H22ClN3O3S. The number of nitrogens with zero attached hydrogens (tertiary/aromatic N) is 2. The molecule has 1 atom stereocenters. The Hall–Kier alpha value is -2.51. The van der Waals surface area contributed by atoms with Gasteiger partial charge in [0.15, 0.2) is 5.17 Å². The quantitative estimate of drug-likeness (QED) is 0.688. The van der Waals surface area contributed by atoms with Crippen LogP contribution in [0.3, 0.4) is 0 Å². The van der Waals surface area contributed by atoms with Crippen LogP contribution in [0.1, 0.15) is 20.3 Å². The maximum Gasteiger partial charge on any atom is 0.242 e. The van der Waals surface area contributed by atoms with Crippen LogP contribution >= 0.6 is 23.4 Å². The minimum atomic E-state index is -0.515. The van der Waals surface area contributed by atoms with Crippen LogP contribution in [-0.4, -0.2) is 40.3 Å². The zero-order valence-electron chi connectivity index (χ0n) is 16.2. The van der Waals surface area contributed by atoms with Gasteiger partial charge in [0.25, 0.3) is 0 Å². The highest BCUT2D eigenvalue weighted by molar-refractivity contribution is 8.15. The monoisotopic (exact) mass is 431 g/mol. The van der Waals surface area contributed by atoms with Crippen molar-refractivity contribution in [1.29, 1.82) is 0 Å². The van der Waals surface area contributed by atoms with Crippen molar-refractivity contribution in [2.75, 3.05) is 18.5 Å². The number of nitrogens with one attached hydrogen (secondary N) is 1. The summed E-state index contributed by atoms with van der Waals surface area (Å²) >= 11 is 7.39. The molecule has 2 aromatic carbocycles. The highest BCUT2D eigenvalue weighted by Crippen LogP contribution is 2.32. The van der Waals surface area contributed by atoms with Crippen LogP contribution in [0, 0.1) is 0 Å². The second-order valence-electron chi connectivity index (χ2n) is 6.24. The van der Waals surface area contributed by atoms with E-state index in [2.05, 4.69) is 10.3 Å². The summed E-state index contributed by atoms with van der Waals surface area (Å²) in [6, 6.07) is 14.4. The number of aliphatic imine (C=N–C) groups is 1. The van der Waals surface area contributed by atoms with E-state index in [-0.39, 0.29) is 18.2 Å². The van der Waals surface area contributed by atoms with Crippen LogP contribution in [0.25, 0.3) is 0 Å². The van der Waals surface area contributed by atoms with Crippen LogP contribution in [0.4, 0.5) is 11.4 Å². The molecule has 1 aliphatic rings. The van der Waals surface area contributed by atoms with E-state index in [1.54, 1.807) is 29.2 Å². The third-order valence-electron chi connectivity index (χ3n) is 4.23. The summed E-state index contributed by atoms with van der Waals surface area (Å²) in [4.78, 5) is 31.3. The molecule has 0 aromatic heterocycles. The van der Waals surface area contributed by atoms with Gasteiger partial charge < -0.3 is 10.1 Å². The molecular weight excluding hydrogens is 410 g/mol. The van der Waals surface area contributed by atoms with Crippen molar-refractivity contribution < 1.29 is 14.3 Å². The van der Waals surface area contributed by atoms with Gasteiger partial charge in [0.1, 0.15) is 11.0 Å². The Kier molecular flexibility index (Phi) is 7.17. The van der Waals surface area contributed by atoms with E-state index in [0.717, 1.165) is 11.4 Å². The number of carbonyl (C=O) groups excluding carboxylic acids is 2. The van der Waals surface area contributed by atoms with Crippen molar-refractivity contribution in [3.05, 3.63) is 53.6 Å². The van der Waals surface area contributed by atoms with Crippen LogP contribution in [-0.2, 0) is 9.59 Å². The second-order valence-corrected chi connectivity index (χ2v) is 7.82. The second kappa shape index (κ2) is 9.80. The Balaban J connectivity index is 1.69. The lowest BCUT2D eigenvalue weighted by Crippen LogP contribution is -2.33. The molecule has 0 bridgehead atoms. The van der Waals surface area contributed by atoms with Crippen LogP contribution < -0.4 is 10.1 Å². The van der Waals surface area contributed by atoms with E-state index < -0.39 is 5.25 Å². The predicted octanol–water partition coefficient (Wildman–Crippen LogP) is 4.72. The zero-order valence-corrected chi connectivity index (χ0v) is 17.8. The number of amidine groups is 1. The maximum atomic E-state index is 12.7. The molecule has 0 saturated carbocycles. The number of hydrogen-bond acceptors (Lipinski definition) is 5. The van der Waals surface area contributed by atoms with E-state index >= 15 is 0 Å². The Morgan fingerprint density at radius 2 is 1.93 bits per heavy atom. The predicted molar refractivity (Wildman–Crippen MR) is 118 cm³/mol. The summed E-state index contributed by atoms with van der Waals surface area (Å²) in [5, 5.41) is 3.30. The van der Waals surface area contributed by atoms with Gasteiger partial charge in [0, 0.05) is 13.0 Å². The van der Waals surface area contributed by atoms with E-state index in [1.165, 1.54) is 11.8 Å². The Bertz CT molecular complexity index is 918. The zero-order chi connectivity index (χ0) is 20.8. The van der Waals surface area contributed by atoms with E-state index in [4.69, 9.17) is 16.3 Å². The molecule has 1 unspecified atom stereocenters. The summed E-state index contributed by atoms with van der Waals surface area (Å²) in [5.41, 5.74) is 1.26. The fraction of sp³-hybridized carbons (Fsp3) is 0.286. The number of amides is 2. The minimum Gasteiger partial charge on any atom is -0.494 e. The standard InChI is InChI=1S/C21H22ClN3O3S/c1-3-25-20(27)18(13-19(26)24-17-8-6-5-7-16(17)22)29-21(25)23-14-9-11-15(12-10-14)28-4-2/h5-12,18H,3-4,13H2,1-2H3,(H,24,26). The van der Waals surface area contributed by atoms with Crippen LogP contribution in [0.2, 0.25) is 5.02 Å². The highest BCUT2D eigenvalue weighted by atomic mass is 35.5. The Labute approximate surface area is 179 Å². The molecule has 0 radical (unpaired) electrons. The number of carbonyl (C=O) groups is 2. The van der Waals surface area contributed by atoms with Gasteiger partial charge in [-0.15, -0.1) is 0 Å². The molecule has 2 amide bonds. The molecule has 1 heterocycles. The molecule has 8 heteroatoms. The smallest absolute Gasteiger partial charge is 0.242 e. The molecule has 3 rings (SSSR count). The van der Waals surface area contributed by atoms with Crippen molar-refractivity contribution in [2.45, 2.75) is 25.5 Å². The van der Waals surface area contributed by atoms with Crippen molar-refractivity contribution in [1.82, 2.24) is 4.90 Å². The lowest BCUT2D eigenvalue weighted by Gasteiger charge is -2.13. The normalized spacial score (nSPS) is 17.6. The first-order chi connectivity index (χ1) is 14.0. The van der Waals surface area contributed by atoms with Gasteiger partial charge in [-0.1, -0.05) is 35.5 Å². The lowest BCUT2D eigenvalue weighted by atomic mass is 10.2. The van der Waals surface area contributed by atoms with Gasteiger partial charge in [-0.05, 0) is 50.2 Å².